The lowest BCUT2D eigenvalue weighted by Gasteiger charge is -2.06. The third-order valence-electron chi connectivity index (χ3n) is 2.22. The van der Waals surface area contributed by atoms with E-state index in [1.165, 1.54) is 5.56 Å². The van der Waals surface area contributed by atoms with E-state index in [-0.39, 0.29) is 6.10 Å². The Morgan fingerprint density at radius 1 is 1.38 bits per heavy atom. The summed E-state index contributed by atoms with van der Waals surface area (Å²) >= 11 is 0. The van der Waals surface area contributed by atoms with Gasteiger partial charge < -0.3 is 5.11 Å². The summed E-state index contributed by atoms with van der Waals surface area (Å²) in [5.41, 5.74) is 1.30. The van der Waals surface area contributed by atoms with E-state index in [0.29, 0.717) is 0 Å². The number of nitrogens with zero attached hydrogens (tertiary/aromatic N) is 1. The Morgan fingerprint density at radius 3 is 2.69 bits per heavy atom. The van der Waals surface area contributed by atoms with Crippen LogP contribution in [0.5, 0.6) is 0 Å². The van der Waals surface area contributed by atoms with Gasteiger partial charge in [-0.2, -0.15) is 0 Å². The van der Waals surface area contributed by atoms with Gasteiger partial charge in [0.05, 0.1) is 6.10 Å². The lowest BCUT2D eigenvalue weighted by atomic mass is 10.1. The zero-order valence-corrected chi connectivity index (χ0v) is 8.11. The van der Waals surface area contributed by atoms with Gasteiger partial charge >= 0.3 is 0 Å². The van der Waals surface area contributed by atoms with Crippen molar-refractivity contribution in [2.75, 3.05) is 0 Å². The van der Waals surface area contributed by atoms with Crippen molar-refractivity contribution in [3.05, 3.63) is 30.1 Å². The first kappa shape index (κ1) is 10.2. The SMILES string of the molecule is CCC(O)CCCc1ccncc1. The molecule has 1 rings (SSSR count). The highest BCUT2D eigenvalue weighted by Crippen LogP contribution is 2.06. The van der Waals surface area contributed by atoms with Crippen molar-refractivity contribution in [2.24, 2.45) is 0 Å². The lowest BCUT2D eigenvalue weighted by Crippen LogP contribution is -2.04. The van der Waals surface area contributed by atoms with Gasteiger partial charge in [-0.1, -0.05) is 6.92 Å². The number of hydrogen-bond acceptors (Lipinski definition) is 2. The zero-order chi connectivity index (χ0) is 9.52. The van der Waals surface area contributed by atoms with Crippen LogP contribution >= 0.6 is 0 Å². The number of pyridine rings is 1. The second-order valence-corrected chi connectivity index (χ2v) is 3.31. The normalized spacial score (nSPS) is 12.8. The van der Waals surface area contributed by atoms with E-state index in [1.54, 1.807) is 0 Å². The minimum Gasteiger partial charge on any atom is -0.393 e. The number of aromatic nitrogens is 1. The molecule has 1 N–H and O–H groups in total. The van der Waals surface area contributed by atoms with E-state index >= 15 is 0 Å². The first-order chi connectivity index (χ1) is 6.33. The average Bonchev–Trinajstić information content (AvgIpc) is 2.19. The smallest absolute Gasteiger partial charge is 0.0537 e. The number of rotatable bonds is 5. The maximum absolute atomic E-state index is 9.32. The van der Waals surface area contributed by atoms with Crippen LogP contribution in [0.3, 0.4) is 0 Å². The monoisotopic (exact) mass is 179 g/mol. The molecule has 1 aromatic heterocycles. The number of hydrogen-bond donors (Lipinski definition) is 1. The van der Waals surface area contributed by atoms with Crippen LogP contribution in [-0.4, -0.2) is 16.2 Å². The van der Waals surface area contributed by atoms with Crippen molar-refractivity contribution in [1.82, 2.24) is 4.98 Å². The van der Waals surface area contributed by atoms with Gasteiger partial charge in [0, 0.05) is 12.4 Å². The first-order valence-corrected chi connectivity index (χ1v) is 4.90. The van der Waals surface area contributed by atoms with Crippen molar-refractivity contribution in [3.8, 4) is 0 Å². The third kappa shape index (κ3) is 4.04. The van der Waals surface area contributed by atoms with Crippen molar-refractivity contribution in [2.45, 2.75) is 38.7 Å². The van der Waals surface area contributed by atoms with Crippen LogP contribution in [0.2, 0.25) is 0 Å². The summed E-state index contributed by atoms with van der Waals surface area (Å²) in [4.78, 5) is 3.96. The molecule has 1 unspecified atom stereocenters. The summed E-state index contributed by atoms with van der Waals surface area (Å²) in [5.74, 6) is 0. The predicted molar refractivity (Wildman–Crippen MR) is 53.5 cm³/mol. The fourth-order valence-electron chi connectivity index (χ4n) is 1.30. The van der Waals surface area contributed by atoms with Crippen LogP contribution in [-0.2, 0) is 6.42 Å². The van der Waals surface area contributed by atoms with E-state index in [9.17, 15) is 5.11 Å². The highest BCUT2D eigenvalue weighted by atomic mass is 16.3. The standard InChI is InChI=1S/C11H17NO/c1-2-11(13)5-3-4-10-6-8-12-9-7-10/h6-9,11,13H,2-5H2,1H3. The van der Waals surface area contributed by atoms with Crippen LogP contribution in [0.4, 0.5) is 0 Å². The van der Waals surface area contributed by atoms with Crippen molar-refractivity contribution in [3.63, 3.8) is 0 Å². The molecule has 0 aliphatic carbocycles. The summed E-state index contributed by atoms with van der Waals surface area (Å²) in [7, 11) is 0. The summed E-state index contributed by atoms with van der Waals surface area (Å²) in [5, 5.41) is 9.32. The molecule has 0 saturated heterocycles. The molecule has 0 radical (unpaired) electrons. The summed E-state index contributed by atoms with van der Waals surface area (Å²) in [6, 6.07) is 4.05. The van der Waals surface area contributed by atoms with Gasteiger partial charge in [-0.05, 0) is 43.4 Å². The molecule has 0 amide bonds. The van der Waals surface area contributed by atoms with Gasteiger partial charge in [-0.25, -0.2) is 0 Å². The number of aliphatic hydroxyl groups excluding tert-OH is 1. The molecule has 0 fully saturated rings. The second kappa shape index (κ2) is 5.70. The van der Waals surface area contributed by atoms with Crippen LogP contribution in [0.15, 0.2) is 24.5 Å². The summed E-state index contributed by atoms with van der Waals surface area (Å²) in [6.45, 7) is 2.01. The van der Waals surface area contributed by atoms with Gasteiger partial charge in [0.1, 0.15) is 0 Å². The molecular weight excluding hydrogens is 162 g/mol. The van der Waals surface area contributed by atoms with Gasteiger partial charge in [-0.15, -0.1) is 0 Å². The van der Waals surface area contributed by atoms with Gasteiger partial charge in [0.15, 0.2) is 0 Å². The highest BCUT2D eigenvalue weighted by molar-refractivity contribution is 5.09. The summed E-state index contributed by atoms with van der Waals surface area (Å²) in [6.07, 6.45) is 7.35. The molecule has 2 heteroatoms. The topological polar surface area (TPSA) is 33.1 Å². The Bertz CT molecular complexity index is 223. The van der Waals surface area contributed by atoms with Crippen LogP contribution in [0.25, 0.3) is 0 Å². The molecule has 13 heavy (non-hydrogen) atoms. The second-order valence-electron chi connectivity index (χ2n) is 3.31. The molecule has 1 heterocycles. The molecule has 0 bridgehead atoms. The zero-order valence-electron chi connectivity index (χ0n) is 8.11. The average molecular weight is 179 g/mol. The molecule has 2 nitrogen and oxygen atoms in total. The quantitative estimate of drug-likeness (QED) is 0.751. The largest absolute Gasteiger partial charge is 0.393 e. The minimum absolute atomic E-state index is 0.123. The Balaban J connectivity index is 2.20. The Labute approximate surface area is 79.6 Å². The van der Waals surface area contributed by atoms with E-state index in [1.807, 2.05) is 31.5 Å². The predicted octanol–water partition coefficient (Wildman–Crippen LogP) is 2.18. The fraction of sp³-hybridized carbons (Fsp3) is 0.545. The van der Waals surface area contributed by atoms with Crippen molar-refractivity contribution < 1.29 is 5.11 Å². The number of aryl methyl sites for hydroxylation is 1. The van der Waals surface area contributed by atoms with E-state index in [4.69, 9.17) is 0 Å². The fourth-order valence-corrected chi connectivity index (χ4v) is 1.30. The van der Waals surface area contributed by atoms with Gasteiger partial charge in [-0.3, -0.25) is 4.98 Å². The summed E-state index contributed by atoms with van der Waals surface area (Å²) < 4.78 is 0. The van der Waals surface area contributed by atoms with Gasteiger partial charge in [0.2, 0.25) is 0 Å². The van der Waals surface area contributed by atoms with E-state index in [2.05, 4.69) is 4.98 Å². The molecular formula is C11H17NO. The van der Waals surface area contributed by atoms with Crippen LogP contribution in [0.1, 0.15) is 31.7 Å². The molecule has 1 aromatic rings. The molecule has 0 aromatic carbocycles. The molecule has 0 saturated carbocycles. The van der Waals surface area contributed by atoms with E-state index < -0.39 is 0 Å². The maximum atomic E-state index is 9.32. The Hall–Kier alpha value is -0.890. The molecule has 1 atom stereocenters. The van der Waals surface area contributed by atoms with Crippen molar-refractivity contribution in [1.29, 1.82) is 0 Å². The number of aliphatic hydroxyl groups is 1. The maximum Gasteiger partial charge on any atom is 0.0537 e. The minimum atomic E-state index is -0.123. The molecule has 0 aliphatic rings. The molecule has 0 aliphatic heterocycles. The molecule has 72 valence electrons. The lowest BCUT2D eigenvalue weighted by molar-refractivity contribution is 0.158. The van der Waals surface area contributed by atoms with Crippen LogP contribution < -0.4 is 0 Å². The van der Waals surface area contributed by atoms with Crippen LogP contribution in [0, 0.1) is 0 Å². The van der Waals surface area contributed by atoms with Gasteiger partial charge in [0.25, 0.3) is 0 Å². The highest BCUT2D eigenvalue weighted by Gasteiger charge is 1.99. The Morgan fingerprint density at radius 2 is 2.08 bits per heavy atom. The van der Waals surface area contributed by atoms with E-state index in [0.717, 1.165) is 25.7 Å². The third-order valence-corrected chi connectivity index (χ3v) is 2.22. The molecule has 0 spiro atoms. The van der Waals surface area contributed by atoms with Crippen molar-refractivity contribution >= 4 is 0 Å². The Kier molecular flexibility index (Phi) is 4.47. The first-order valence-electron chi connectivity index (χ1n) is 4.90.